The number of ketones is 3. The molecule has 0 spiro atoms. The van der Waals surface area contributed by atoms with Crippen molar-refractivity contribution < 1.29 is 23.9 Å². The van der Waals surface area contributed by atoms with Crippen LogP contribution in [0, 0.1) is 0 Å². The van der Waals surface area contributed by atoms with Crippen LogP contribution in [0.4, 0.5) is 0 Å². The number of hydrogen-bond acceptors (Lipinski definition) is 5. The molecular weight excluding hydrogens is 464 g/mol. The minimum atomic E-state index is -0.855. The molecule has 0 atom stereocenters. The molecule has 4 aromatic rings. The molecule has 0 heterocycles. The van der Waals surface area contributed by atoms with Crippen LogP contribution < -0.4 is 0 Å². The average molecular weight is 481 g/mol. The number of halogens is 1. The van der Waals surface area contributed by atoms with Gasteiger partial charge in [0.1, 0.15) is 0 Å². The van der Waals surface area contributed by atoms with Gasteiger partial charge in [-0.3, -0.25) is 14.4 Å². The Kier molecular flexibility index (Phi) is 5.85. The first-order valence-electron chi connectivity index (χ1n) is 10.8. The van der Waals surface area contributed by atoms with E-state index in [0.29, 0.717) is 11.1 Å². The summed E-state index contributed by atoms with van der Waals surface area (Å²) < 4.78 is 5.19. The van der Waals surface area contributed by atoms with E-state index in [1.165, 1.54) is 12.1 Å². The van der Waals surface area contributed by atoms with Gasteiger partial charge in [-0.2, -0.15) is 0 Å². The summed E-state index contributed by atoms with van der Waals surface area (Å²) in [5.41, 5.74) is 2.91. The molecular formula is C29H17ClO5. The number of carbonyl (C=O) groups is 4. The largest absolute Gasteiger partial charge is 0.454 e. The van der Waals surface area contributed by atoms with Crippen LogP contribution in [0.25, 0.3) is 11.1 Å². The highest BCUT2D eigenvalue weighted by molar-refractivity contribution is 6.41. The van der Waals surface area contributed by atoms with E-state index in [2.05, 4.69) is 0 Å². The number of ether oxygens (including phenoxy) is 1. The van der Waals surface area contributed by atoms with Crippen LogP contribution in [0.5, 0.6) is 0 Å². The van der Waals surface area contributed by atoms with Crippen molar-refractivity contribution in [3.8, 4) is 11.1 Å². The monoisotopic (exact) mass is 480 g/mol. The molecule has 0 fully saturated rings. The molecule has 170 valence electrons. The van der Waals surface area contributed by atoms with Gasteiger partial charge >= 0.3 is 5.97 Å². The highest BCUT2D eigenvalue weighted by Gasteiger charge is 2.33. The van der Waals surface area contributed by atoms with Crippen LogP contribution >= 0.6 is 11.6 Å². The first kappa shape index (κ1) is 22.4. The second-order valence-corrected chi connectivity index (χ2v) is 8.37. The predicted octanol–water partition coefficient (Wildman–Crippen LogP) is 5.82. The minimum Gasteiger partial charge on any atom is -0.454 e. The normalized spacial score (nSPS) is 12.0. The summed E-state index contributed by atoms with van der Waals surface area (Å²) in [6.45, 7) is -0.493. The van der Waals surface area contributed by atoms with Crippen LogP contribution in [0.1, 0.15) is 52.6 Å². The van der Waals surface area contributed by atoms with Gasteiger partial charge in [0.2, 0.25) is 0 Å². The molecule has 0 bridgehead atoms. The molecule has 0 radical (unpaired) electrons. The minimum absolute atomic E-state index is 0.0346. The fourth-order valence-corrected chi connectivity index (χ4v) is 4.40. The summed E-state index contributed by atoms with van der Waals surface area (Å²) >= 11 is 6.40. The fourth-order valence-electron chi connectivity index (χ4n) is 4.08. The first-order valence-corrected chi connectivity index (χ1v) is 11.2. The standard InChI is InChI=1S/C29H17ClO5/c30-26-23(15-14-22-25(26)28(33)21-9-5-4-8-20(21)27(22)32)29(34)35-16-24(31)19-12-10-18(11-13-19)17-6-2-1-3-7-17/h1-15H,16H2. The maximum Gasteiger partial charge on any atom is 0.340 e. The van der Waals surface area contributed by atoms with E-state index in [0.717, 1.165) is 11.1 Å². The quantitative estimate of drug-likeness (QED) is 0.234. The Labute approximate surface area is 205 Å². The van der Waals surface area contributed by atoms with E-state index in [4.69, 9.17) is 16.3 Å². The van der Waals surface area contributed by atoms with Crippen molar-refractivity contribution in [1.29, 1.82) is 0 Å². The lowest BCUT2D eigenvalue weighted by Gasteiger charge is -2.19. The van der Waals surface area contributed by atoms with Gasteiger partial charge in [0.25, 0.3) is 0 Å². The van der Waals surface area contributed by atoms with Gasteiger partial charge in [-0.15, -0.1) is 0 Å². The van der Waals surface area contributed by atoms with Gasteiger partial charge in [0.05, 0.1) is 16.1 Å². The summed E-state index contributed by atoms with van der Waals surface area (Å²) in [6.07, 6.45) is 0. The molecule has 35 heavy (non-hydrogen) atoms. The van der Waals surface area contributed by atoms with Crippen molar-refractivity contribution in [3.05, 3.63) is 129 Å². The Morgan fingerprint density at radius 3 is 1.94 bits per heavy atom. The molecule has 5 rings (SSSR count). The molecule has 5 nitrogen and oxygen atoms in total. The molecule has 1 aliphatic carbocycles. The first-order chi connectivity index (χ1) is 17.0. The van der Waals surface area contributed by atoms with E-state index < -0.39 is 18.4 Å². The number of carbonyl (C=O) groups excluding carboxylic acids is 4. The van der Waals surface area contributed by atoms with Crippen LogP contribution in [-0.2, 0) is 4.74 Å². The van der Waals surface area contributed by atoms with Gasteiger partial charge in [-0.25, -0.2) is 4.79 Å². The lowest BCUT2D eigenvalue weighted by molar-refractivity contribution is 0.0475. The maximum atomic E-state index is 13.0. The van der Waals surface area contributed by atoms with Gasteiger partial charge in [0.15, 0.2) is 24.0 Å². The summed E-state index contributed by atoms with van der Waals surface area (Å²) in [4.78, 5) is 51.1. The van der Waals surface area contributed by atoms with E-state index >= 15 is 0 Å². The van der Waals surface area contributed by atoms with E-state index in [1.807, 2.05) is 42.5 Å². The van der Waals surface area contributed by atoms with E-state index in [1.54, 1.807) is 36.4 Å². The molecule has 0 saturated heterocycles. The Morgan fingerprint density at radius 2 is 1.26 bits per heavy atom. The SMILES string of the molecule is O=C(COC(=O)c1ccc2c(c1Cl)C(=O)c1ccccc1C2=O)c1ccc(-c2ccccc2)cc1. The third kappa shape index (κ3) is 4.07. The number of fused-ring (bicyclic) bond motifs is 2. The maximum absolute atomic E-state index is 13.0. The van der Waals surface area contributed by atoms with Crippen molar-refractivity contribution in [1.82, 2.24) is 0 Å². The van der Waals surface area contributed by atoms with Crippen molar-refractivity contribution >= 4 is 34.9 Å². The Morgan fingerprint density at radius 1 is 0.657 bits per heavy atom. The second kappa shape index (κ2) is 9.12. The number of hydrogen-bond donors (Lipinski definition) is 0. The Balaban J connectivity index is 1.32. The summed E-state index contributed by atoms with van der Waals surface area (Å²) in [7, 11) is 0. The third-order valence-corrected chi connectivity index (χ3v) is 6.29. The van der Waals surface area contributed by atoms with Crippen LogP contribution in [0.3, 0.4) is 0 Å². The zero-order chi connectivity index (χ0) is 24.5. The highest BCUT2D eigenvalue weighted by Crippen LogP contribution is 2.34. The lowest BCUT2D eigenvalue weighted by Crippen LogP contribution is -2.23. The van der Waals surface area contributed by atoms with Crippen LogP contribution in [0.2, 0.25) is 5.02 Å². The number of esters is 1. The predicted molar refractivity (Wildman–Crippen MR) is 131 cm³/mol. The van der Waals surface area contributed by atoms with Crippen molar-refractivity contribution in [2.45, 2.75) is 0 Å². The molecule has 0 unspecified atom stereocenters. The van der Waals surface area contributed by atoms with Gasteiger partial charge in [0, 0.05) is 22.3 Å². The van der Waals surface area contributed by atoms with Crippen molar-refractivity contribution in [2.24, 2.45) is 0 Å². The number of benzene rings is 4. The van der Waals surface area contributed by atoms with Gasteiger partial charge < -0.3 is 4.74 Å². The molecule has 0 amide bonds. The topological polar surface area (TPSA) is 77.5 Å². The molecule has 4 aromatic carbocycles. The average Bonchev–Trinajstić information content (AvgIpc) is 2.90. The molecule has 0 aromatic heterocycles. The van der Waals surface area contributed by atoms with Crippen LogP contribution in [0.15, 0.2) is 91.0 Å². The fraction of sp³-hybridized carbons (Fsp3) is 0.0345. The molecule has 0 N–H and O–H groups in total. The second-order valence-electron chi connectivity index (χ2n) is 8.00. The Bertz CT molecular complexity index is 1500. The molecule has 6 heteroatoms. The van der Waals surface area contributed by atoms with Crippen molar-refractivity contribution in [3.63, 3.8) is 0 Å². The van der Waals surface area contributed by atoms with Crippen molar-refractivity contribution in [2.75, 3.05) is 6.61 Å². The lowest BCUT2D eigenvalue weighted by atomic mass is 9.83. The van der Waals surface area contributed by atoms with Gasteiger partial charge in [-0.1, -0.05) is 90.5 Å². The van der Waals surface area contributed by atoms with Crippen LogP contribution in [-0.4, -0.2) is 29.9 Å². The molecule has 1 aliphatic rings. The Hall–Kier alpha value is -4.35. The number of Topliss-reactive ketones (excluding diaryl/α,β-unsaturated/α-hetero) is 1. The summed E-state index contributed by atoms with van der Waals surface area (Å²) in [6, 6.07) is 25.9. The van der Waals surface area contributed by atoms with Gasteiger partial charge in [-0.05, 0) is 23.3 Å². The zero-order valence-electron chi connectivity index (χ0n) is 18.3. The molecule has 0 aliphatic heterocycles. The third-order valence-electron chi connectivity index (χ3n) is 5.90. The summed E-state index contributed by atoms with van der Waals surface area (Å²) in [5.74, 6) is -2.02. The molecule has 0 saturated carbocycles. The number of rotatable bonds is 5. The van der Waals surface area contributed by atoms with E-state index in [-0.39, 0.29) is 38.8 Å². The summed E-state index contributed by atoms with van der Waals surface area (Å²) in [5, 5.41) is -0.167. The smallest absolute Gasteiger partial charge is 0.340 e. The van der Waals surface area contributed by atoms with E-state index in [9.17, 15) is 19.2 Å². The highest BCUT2D eigenvalue weighted by atomic mass is 35.5. The zero-order valence-corrected chi connectivity index (χ0v) is 19.0.